The Bertz CT molecular complexity index is 9.61. The van der Waals surface area contributed by atoms with Crippen molar-refractivity contribution in [1.82, 2.24) is 0 Å². The summed E-state index contributed by atoms with van der Waals surface area (Å²) in [5.41, 5.74) is 0. The van der Waals surface area contributed by atoms with Gasteiger partial charge in [0.25, 0.3) is 0 Å². The zero-order valence-corrected chi connectivity index (χ0v) is 8.05. The monoisotopic (exact) mass is 255 g/mol. The molecular formula is As2Cl3. The first kappa shape index (κ1) is 10.1. The van der Waals surface area contributed by atoms with Crippen molar-refractivity contribution in [2.75, 3.05) is 0 Å². The van der Waals surface area contributed by atoms with Gasteiger partial charge in [-0.05, 0) is 0 Å². The fraction of sp³-hybridized carbons (Fsp3) is 0. The number of hydrogen-bond donors (Lipinski definition) is 0. The summed E-state index contributed by atoms with van der Waals surface area (Å²) in [5.74, 6) is 0. The van der Waals surface area contributed by atoms with E-state index in [2.05, 4.69) is 0 Å². The molecule has 0 spiro atoms. The van der Waals surface area contributed by atoms with Gasteiger partial charge in [-0.2, -0.15) is 0 Å². The van der Waals surface area contributed by atoms with Crippen molar-refractivity contribution in [3.8, 4) is 0 Å². The molecule has 5 heavy (non-hydrogen) atoms. The standard InChI is InChI=1S/AsCl3.As/c2-1(3)4;. The third-order valence-electron chi connectivity index (χ3n) is 0. The molecule has 0 aliphatic carbocycles. The van der Waals surface area contributed by atoms with Gasteiger partial charge in [-0.15, -0.1) is 0 Å². The normalized spacial score (nSPS) is 7.20. The van der Waals surface area contributed by atoms with Crippen molar-refractivity contribution >= 4 is 59.6 Å². The Morgan fingerprint density at radius 1 is 1.00 bits per heavy atom. The Balaban J connectivity index is 0. The minimum atomic E-state index is -1.77. The average Bonchev–Trinajstić information content (AvgIpc) is 0.811. The van der Waals surface area contributed by atoms with E-state index >= 15 is 0 Å². The van der Waals surface area contributed by atoms with Crippen LogP contribution >= 0.6 is 29.8 Å². The molecule has 0 aromatic rings. The van der Waals surface area contributed by atoms with Gasteiger partial charge in [0.1, 0.15) is 0 Å². The summed E-state index contributed by atoms with van der Waals surface area (Å²) in [6, 6.07) is 0. The summed E-state index contributed by atoms with van der Waals surface area (Å²) in [4.78, 5) is 0. The maximum atomic E-state index is 4.95. The van der Waals surface area contributed by atoms with Crippen LogP contribution in [0.3, 0.4) is 0 Å². The predicted molar refractivity (Wildman–Crippen MR) is 29.1 cm³/mol. The predicted octanol–water partition coefficient (Wildman–Crippen LogP) is 1.31. The molecule has 0 aliphatic rings. The molecule has 0 amide bonds. The maximum absolute atomic E-state index is 4.95. The van der Waals surface area contributed by atoms with Gasteiger partial charge in [-0.3, -0.25) is 0 Å². The first-order chi connectivity index (χ1) is 1.73. The quantitative estimate of drug-likeness (QED) is 0.573. The van der Waals surface area contributed by atoms with Gasteiger partial charge in [0, 0.05) is 18.0 Å². The summed E-state index contributed by atoms with van der Waals surface area (Å²) in [7, 11) is 14.9. The summed E-state index contributed by atoms with van der Waals surface area (Å²) < 4.78 is 0. The molecule has 3 radical (unpaired) electrons. The minimum Gasteiger partial charge on any atom is 0 e. The second kappa shape index (κ2) is 5.99. The molecule has 0 rings (SSSR count). The zero-order valence-electron chi connectivity index (χ0n) is 2.03. The van der Waals surface area contributed by atoms with Crippen LogP contribution in [-0.4, -0.2) is 29.8 Å². The van der Waals surface area contributed by atoms with Gasteiger partial charge < -0.3 is 0 Å². The summed E-state index contributed by atoms with van der Waals surface area (Å²) in [6.45, 7) is 0. The van der Waals surface area contributed by atoms with E-state index < -0.39 is 11.8 Å². The van der Waals surface area contributed by atoms with Crippen LogP contribution in [0.15, 0.2) is 0 Å². The Kier molecular flexibility index (Phi) is 12.1. The fourth-order valence-electron chi connectivity index (χ4n) is 0. The fourth-order valence-corrected chi connectivity index (χ4v) is 0. The van der Waals surface area contributed by atoms with E-state index in [-0.39, 0.29) is 18.0 Å². The van der Waals surface area contributed by atoms with Crippen molar-refractivity contribution in [2.24, 2.45) is 0 Å². The van der Waals surface area contributed by atoms with Crippen LogP contribution in [-0.2, 0) is 0 Å². The SMILES string of the molecule is Cl[As](Cl)Cl.[As]. The van der Waals surface area contributed by atoms with Crippen molar-refractivity contribution in [3.05, 3.63) is 0 Å². The largest absolute Gasteiger partial charge is 0 e. The molecule has 0 heterocycles. The molecule has 0 aromatic carbocycles. The van der Waals surface area contributed by atoms with E-state index in [4.69, 9.17) is 29.8 Å². The smallest absolute Gasteiger partial charge is 0 e. The minimum absolute atomic E-state index is 0. The van der Waals surface area contributed by atoms with E-state index in [1.54, 1.807) is 0 Å². The average molecular weight is 256 g/mol. The van der Waals surface area contributed by atoms with Gasteiger partial charge in [0.2, 0.25) is 0 Å². The summed E-state index contributed by atoms with van der Waals surface area (Å²) >= 11 is -1.77. The van der Waals surface area contributed by atoms with E-state index in [0.29, 0.717) is 0 Å². The molecule has 0 bridgehead atoms. The topological polar surface area (TPSA) is 0 Å². The van der Waals surface area contributed by atoms with Crippen LogP contribution in [0.5, 0.6) is 0 Å². The molecule has 0 aromatic heterocycles. The first-order valence-electron chi connectivity index (χ1n) is 0.507. The number of halogens is 3. The van der Waals surface area contributed by atoms with Gasteiger partial charge in [0.05, 0.1) is 0 Å². The van der Waals surface area contributed by atoms with Crippen molar-refractivity contribution < 1.29 is 0 Å². The Labute approximate surface area is 59.2 Å². The molecule has 31 valence electrons. The van der Waals surface area contributed by atoms with Crippen molar-refractivity contribution in [2.45, 2.75) is 0 Å². The van der Waals surface area contributed by atoms with Gasteiger partial charge in [-0.25, -0.2) is 0 Å². The molecule has 5 heteroatoms. The molecule has 0 aliphatic heterocycles. The molecule has 0 nitrogen and oxygen atoms in total. The van der Waals surface area contributed by atoms with Crippen LogP contribution in [0.25, 0.3) is 0 Å². The molecule has 0 atom stereocenters. The number of hydrogen-bond acceptors (Lipinski definition) is 0. The zero-order chi connectivity index (χ0) is 3.58. The molecule has 0 saturated heterocycles. The third kappa shape index (κ3) is 24.1. The molecule has 0 N–H and O–H groups in total. The van der Waals surface area contributed by atoms with Crippen molar-refractivity contribution in [1.29, 1.82) is 0 Å². The summed E-state index contributed by atoms with van der Waals surface area (Å²) in [5, 5.41) is 0. The maximum Gasteiger partial charge on any atom is 0 e. The van der Waals surface area contributed by atoms with Gasteiger partial charge >= 0.3 is 41.7 Å². The molecule has 0 saturated carbocycles. The van der Waals surface area contributed by atoms with Crippen LogP contribution < -0.4 is 0 Å². The van der Waals surface area contributed by atoms with E-state index in [1.165, 1.54) is 0 Å². The second-order valence-electron chi connectivity index (χ2n) is 0.192. The van der Waals surface area contributed by atoms with Crippen molar-refractivity contribution in [3.63, 3.8) is 0 Å². The molecule has 0 unspecified atom stereocenters. The third-order valence-corrected chi connectivity index (χ3v) is 0. The van der Waals surface area contributed by atoms with Crippen LogP contribution in [0, 0.1) is 0 Å². The van der Waals surface area contributed by atoms with E-state index in [9.17, 15) is 0 Å². The second-order valence-corrected chi connectivity index (χ2v) is 8.96. The van der Waals surface area contributed by atoms with E-state index in [0.717, 1.165) is 0 Å². The number of rotatable bonds is 0. The Morgan fingerprint density at radius 2 is 1.00 bits per heavy atom. The van der Waals surface area contributed by atoms with Gasteiger partial charge in [-0.1, -0.05) is 0 Å². The van der Waals surface area contributed by atoms with Crippen LogP contribution in [0.2, 0.25) is 0 Å². The Morgan fingerprint density at radius 3 is 1.00 bits per heavy atom. The summed E-state index contributed by atoms with van der Waals surface area (Å²) in [6.07, 6.45) is 0. The van der Waals surface area contributed by atoms with Gasteiger partial charge in [0.15, 0.2) is 0 Å². The first-order valence-corrected chi connectivity index (χ1v) is 7.90. The molecular weight excluding hydrogens is 256 g/mol. The van der Waals surface area contributed by atoms with Crippen LogP contribution in [0.4, 0.5) is 0 Å². The van der Waals surface area contributed by atoms with E-state index in [1.807, 2.05) is 0 Å². The molecule has 0 fully saturated rings. The van der Waals surface area contributed by atoms with Crippen LogP contribution in [0.1, 0.15) is 0 Å². The Hall–Kier alpha value is 1.99.